The van der Waals surface area contributed by atoms with Gasteiger partial charge < -0.3 is 10.2 Å². The highest BCUT2D eigenvalue weighted by Crippen LogP contribution is 2.25. The molecule has 0 saturated carbocycles. The lowest BCUT2D eigenvalue weighted by Crippen LogP contribution is -2.48. The Morgan fingerprint density at radius 2 is 1.87 bits per heavy atom. The van der Waals surface area contributed by atoms with Gasteiger partial charge in [0.1, 0.15) is 6.04 Å². The Kier molecular flexibility index (Phi) is 11.2. The molecule has 0 saturated heterocycles. The Morgan fingerprint density at radius 1 is 1.16 bits per heavy atom. The highest BCUT2D eigenvalue weighted by atomic mass is 79.9. The lowest BCUT2D eigenvalue weighted by molar-refractivity contribution is -0.138. The van der Waals surface area contributed by atoms with Gasteiger partial charge in [-0.1, -0.05) is 70.7 Å². The van der Waals surface area contributed by atoms with Gasteiger partial charge >= 0.3 is 0 Å². The van der Waals surface area contributed by atoms with Gasteiger partial charge in [0.2, 0.25) is 11.8 Å². The van der Waals surface area contributed by atoms with Crippen molar-refractivity contribution in [2.75, 3.05) is 12.3 Å². The van der Waals surface area contributed by atoms with Crippen molar-refractivity contribution in [1.82, 2.24) is 10.2 Å². The summed E-state index contributed by atoms with van der Waals surface area (Å²) in [6, 6.07) is 12.6. The third-order valence-corrected chi connectivity index (χ3v) is 6.84. The zero-order valence-electron chi connectivity index (χ0n) is 17.7. The zero-order chi connectivity index (χ0) is 22.8. The van der Waals surface area contributed by atoms with Crippen LogP contribution in [0.3, 0.4) is 0 Å². The summed E-state index contributed by atoms with van der Waals surface area (Å²) >= 11 is 17.1. The second kappa shape index (κ2) is 13.4. The number of benzene rings is 2. The van der Waals surface area contributed by atoms with Crippen LogP contribution in [0.4, 0.5) is 0 Å². The third kappa shape index (κ3) is 8.68. The van der Waals surface area contributed by atoms with Crippen LogP contribution >= 0.6 is 50.9 Å². The molecule has 1 unspecified atom stereocenters. The van der Waals surface area contributed by atoms with E-state index in [2.05, 4.69) is 28.2 Å². The monoisotopic (exact) mass is 544 g/mol. The van der Waals surface area contributed by atoms with Crippen molar-refractivity contribution in [3.63, 3.8) is 0 Å². The maximum absolute atomic E-state index is 13.1. The molecule has 1 N–H and O–H groups in total. The number of hydrogen-bond acceptors (Lipinski definition) is 3. The van der Waals surface area contributed by atoms with Gasteiger partial charge in [0, 0.05) is 33.4 Å². The van der Waals surface area contributed by atoms with E-state index in [1.54, 1.807) is 24.0 Å². The summed E-state index contributed by atoms with van der Waals surface area (Å²) in [5.74, 6) is 0.619. The van der Waals surface area contributed by atoms with E-state index in [1.807, 2.05) is 30.3 Å². The Balaban J connectivity index is 2.05. The van der Waals surface area contributed by atoms with Gasteiger partial charge in [-0.15, -0.1) is 11.8 Å². The zero-order valence-corrected chi connectivity index (χ0v) is 21.6. The van der Waals surface area contributed by atoms with Crippen LogP contribution in [0.1, 0.15) is 37.8 Å². The SMILES string of the molecule is CCCCNC(=O)C(C)N(Cc1ccc(Br)cc1)C(=O)CSCc1ccc(Cl)cc1Cl. The third-order valence-electron chi connectivity index (χ3n) is 4.76. The first-order valence-corrected chi connectivity index (χ1v) is 12.9. The van der Waals surface area contributed by atoms with E-state index >= 15 is 0 Å². The largest absolute Gasteiger partial charge is 0.354 e. The number of carbonyl (C=O) groups excluding carboxylic acids is 2. The number of amides is 2. The van der Waals surface area contributed by atoms with E-state index in [0.29, 0.717) is 28.9 Å². The van der Waals surface area contributed by atoms with Gasteiger partial charge in [-0.25, -0.2) is 0 Å². The molecule has 31 heavy (non-hydrogen) atoms. The molecule has 0 radical (unpaired) electrons. The second-order valence-corrected chi connectivity index (χ2v) is 9.94. The van der Waals surface area contributed by atoms with Crippen LogP contribution in [0, 0.1) is 0 Å². The van der Waals surface area contributed by atoms with E-state index in [0.717, 1.165) is 28.4 Å². The van der Waals surface area contributed by atoms with Gasteiger partial charge in [0.25, 0.3) is 0 Å². The summed E-state index contributed by atoms with van der Waals surface area (Å²) in [5.41, 5.74) is 1.89. The summed E-state index contributed by atoms with van der Waals surface area (Å²) in [5, 5.41) is 4.10. The maximum Gasteiger partial charge on any atom is 0.242 e. The molecule has 0 fully saturated rings. The number of unbranched alkanes of at least 4 members (excludes halogenated alkanes) is 1. The van der Waals surface area contributed by atoms with Crippen molar-refractivity contribution >= 4 is 62.7 Å². The number of hydrogen-bond donors (Lipinski definition) is 1. The lowest BCUT2D eigenvalue weighted by Gasteiger charge is -2.29. The molecule has 2 rings (SSSR count). The first kappa shape index (κ1) is 26.0. The summed E-state index contributed by atoms with van der Waals surface area (Å²) < 4.78 is 0.967. The normalized spacial score (nSPS) is 11.8. The van der Waals surface area contributed by atoms with Crippen LogP contribution in [0.5, 0.6) is 0 Å². The first-order valence-electron chi connectivity index (χ1n) is 10.1. The van der Waals surface area contributed by atoms with Crippen molar-refractivity contribution in [1.29, 1.82) is 0 Å². The second-order valence-electron chi connectivity index (χ2n) is 7.20. The summed E-state index contributed by atoms with van der Waals surface area (Å²) in [6.45, 7) is 4.84. The van der Waals surface area contributed by atoms with Crippen molar-refractivity contribution in [2.24, 2.45) is 0 Å². The van der Waals surface area contributed by atoms with Crippen molar-refractivity contribution in [2.45, 2.75) is 45.0 Å². The van der Waals surface area contributed by atoms with Gasteiger partial charge in [-0.3, -0.25) is 9.59 Å². The minimum absolute atomic E-state index is 0.0869. The average Bonchev–Trinajstić information content (AvgIpc) is 2.74. The van der Waals surface area contributed by atoms with Gasteiger partial charge in [-0.2, -0.15) is 0 Å². The highest BCUT2D eigenvalue weighted by molar-refractivity contribution is 9.10. The molecule has 0 aliphatic rings. The molecule has 0 spiro atoms. The molecule has 2 amide bonds. The van der Waals surface area contributed by atoms with Gasteiger partial charge in [0.05, 0.1) is 5.75 Å². The number of thioether (sulfide) groups is 1. The lowest BCUT2D eigenvalue weighted by atomic mass is 10.1. The molecule has 0 aliphatic heterocycles. The predicted octanol–water partition coefficient (Wildman–Crippen LogP) is 6.32. The minimum Gasteiger partial charge on any atom is -0.354 e. The number of nitrogens with zero attached hydrogens (tertiary/aromatic N) is 1. The van der Waals surface area contributed by atoms with E-state index in [-0.39, 0.29) is 17.6 Å². The fourth-order valence-electron chi connectivity index (χ4n) is 2.88. The Morgan fingerprint density at radius 3 is 2.52 bits per heavy atom. The smallest absolute Gasteiger partial charge is 0.242 e. The fourth-order valence-corrected chi connectivity index (χ4v) is 4.61. The van der Waals surface area contributed by atoms with Crippen molar-refractivity contribution < 1.29 is 9.59 Å². The van der Waals surface area contributed by atoms with Crippen LogP contribution in [-0.4, -0.2) is 35.1 Å². The average molecular weight is 546 g/mol. The molecule has 1 atom stereocenters. The number of rotatable bonds is 11. The number of carbonyl (C=O) groups is 2. The molecule has 168 valence electrons. The quantitative estimate of drug-likeness (QED) is 0.336. The molecule has 0 heterocycles. The Hall–Kier alpha value is -1.21. The van der Waals surface area contributed by atoms with E-state index < -0.39 is 6.04 Å². The predicted molar refractivity (Wildman–Crippen MR) is 135 cm³/mol. The van der Waals surface area contributed by atoms with E-state index in [1.165, 1.54) is 11.8 Å². The standard InChI is InChI=1S/C23H27BrCl2N2O2S/c1-3-4-11-27-23(30)16(2)28(13-17-5-8-19(24)9-6-17)22(29)15-31-14-18-7-10-20(25)12-21(18)26/h5-10,12,16H,3-4,11,13-15H2,1-2H3,(H,27,30). The highest BCUT2D eigenvalue weighted by Gasteiger charge is 2.25. The Bertz CT molecular complexity index is 880. The van der Waals surface area contributed by atoms with Crippen molar-refractivity contribution in [3.05, 3.63) is 68.1 Å². The summed E-state index contributed by atoms with van der Waals surface area (Å²) in [6.07, 6.45) is 1.91. The molecule has 0 aromatic heterocycles. The van der Waals surface area contributed by atoms with Crippen LogP contribution < -0.4 is 5.32 Å². The van der Waals surface area contributed by atoms with Gasteiger partial charge in [-0.05, 0) is 48.7 Å². The van der Waals surface area contributed by atoms with E-state index in [9.17, 15) is 9.59 Å². The van der Waals surface area contributed by atoms with Crippen LogP contribution in [0.25, 0.3) is 0 Å². The molecule has 2 aromatic rings. The number of halogens is 3. The summed E-state index contributed by atoms with van der Waals surface area (Å²) in [7, 11) is 0. The van der Waals surface area contributed by atoms with Crippen LogP contribution in [-0.2, 0) is 21.9 Å². The number of nitrogens with one attached hydrogen (secondary N) is 1. The van der Waals surface area contributed by atoms with Crippen LogP contribution in [0.15, 0.2) is 46.9 Å². The van der Waals surface area contributed by atoms with E-state index in [4.69, 9.17) is 23.2 Å². The maximum atomic E-state index is 13.1. The van der Waals surface area contributed by atoms with Crippen molar-refractivity contribution in [3.8, 4) is 0 Å². The fraction of sp³-hybridized carbons (Fsp3) is 0.391. The molecule has 4 nitrogen and oxygen atoms in total. The Labute approximate surface area is 207 Å². The minimum atomic E-state index is -0.562. The van der Waals surface area contributed by atoms with Crippen LogP contribution in [0.2, 0.25) is 10.0 Å². The molecular formula is C23H27BrCl2N2O2S. The molecule has 2 aromatic carbocycles. The van der Waals surface area contributed by atoms with Gasteiger partial charge in [0.15, 0.2) is 0 Å². The molecular weight excluding hydrogens is 519 g/mol. The first-order chi connectivity index (χ1) is 14.8. The summed E-state index contributed by atoms with van der Waals surface area (Å²) in [4.78, 5) is 27.4. The molecule has 8 heteroatoms. The molecule has 0 aliphatic carbocycles. The topological polar surface area (TPSA) is 49.4 Å². The molecule has 0 bridgehead atoms.